The molecule has 0 aliphatic heterocycles. The Balaban J connectivity index is 3.06. The van der Waals surface area contributed by atoms with Crippen molar-refractivity contribution in [3.05, 3.63) is 30.1 Å². The van der Waals surface area contributed by atoms with Gasteiger partial charge in [0.15, 0.2) is 0 Å². The quantitative estimate of drug-likeness (QED) is 0.768. The van der Waals surface area contributed by atoms with E-state index in [2.05, 4.69) is 0 Å². The van der Waals surface area contributed by atoms with E-state index in [9.17, 15) is 14.0 Å². The maximum Gasteiger partial charge on any atom is 0.323 e. The Morgan fingerprint density at radius 2 is 2.00 bits per heavy atom. The van der Waals surface area contributed by atoms with Crippen LogP contribution in [0.5, 0.6) is 0 Å². The van der Waals surface area contributed by atoms with Crippen LogP contribution in [-0.4, -0.2) is 30.1 Å². The van der Waals surface area contributed by atoms with Gasteiger partial charge in [0.2, 0.25) is 5.91 Å². The smallest absolute Gasteiger partial charge is 0.323 e. The van der Waals surface area contributed by atoms with Gasteiger partial charge in [-0.25, -0.2) is 4.39 Å². The number of nitrogens with zero attached hydrogens (tertiary/aromatic N) is 1. The van der Waals surface area contributed by atoms with Crippen LogP contribution in [0.15, 0.2) is 24.3 Å². The number of benzene rings is 1. The number of amides is 1. The van der Waals surface area contributed by atoms with E-state index in [1.807, 2.05) is 0 Å². The fraction of sp³-hybridized carbons (Fsp3) is 0.200. The molecule has 0 radical (unpaired) electrons. The molecule has 0 saturated carbocycles. The molecule has 0 atom stereocenters. The van der Waals surface area contributed by atoms with Gasteiger partial charge in [0.1, 0.15) is 12.4 Å². The molecule has 0 bridgehead atoms. The van der Waals surface area contributed by atoms with Gasteiger partial charge in [0, 0.05) is 0 Å². The summed E-state index contributed by atoms with van der Waals surface area (Å²) in [6, 6.07) is 5.43. The van der Waals surface area contributed by atoms with Gasteiger partial charge in [-0.05, 0) is 12.1 Å². The molecular formula is C10H11FN2O3. The standard InChI is InChI=1S/C10H11FN2O3/c11-7-3-1-2-4-8(7)13(6-10(15)16)9(14)5-12/h1-4H,5-6,12H2,(H,15,16). The largest absolute Gasteiger partial charge is 0.480 e. The monoisotopic (exact) mass is 226 g/mol. The highest BCUT2D eigenvalue weighted by Crippen LogP contribution is 2.18. The second kappa shape index (κ2) is 5.22. The lowest BCUT2D eigenvalue weighted by atomic mass is 10.2. The van der Waals surface area contributed by atoms with Crippen LogP contribution in [0.3, 0.4) is 0 Å². The Morgan fingerprint density at radius 1 is 1.38 bits per heavy atom. The number of carboxylic acids is 1. The first kappa shape index (κ1) is 12.1. The molecule has 0 unspecified atom stereocenters. The van der Waals surface area contributed by atoms with Crippen molar-refractivity contribution in [2.75, 3.05) is 18.0 Å². The fourth-order valence-corrected chi connectivity index (χ4v) is 1.22. The minimum atomic E-state index is -1.23. The van der Waals surface area contributed by atoms with Crippen molar-refractivity contribution in [3.8, 4) is 0 Å². The molecule has 0 aliphatic carbocycles. The Hall–Kier alpha value is -1.95. The fourth-order valence-electron chi connectivity index (χ4n) is 1.22. The van der Waals surface area contributed by atoms with E-state index >= 15 is 0 Å². The number of anilines is 1. The summed E-state index contributed by atoms with van der Waals surface area (Å²) in [5.41, 5.74) is 5.05. The molecular weight excluding hydrogens is 215 g/mol. The number of aliphatic carboxylic acids is 1. The molecule has 1 aromatic carbocycles. The van der Waals surface area contributed by atoms with E-state index in [0.717, 1.165) is 11.0 Å². The summed E-state index contributed by atoms with van der Waals surface area (Å²) in [6.07, 6.45) is 0. The van der Waals surface area contributed by atoms with Gasteiger partial charge in [-0.2, -0.15) is 0 Å². The van der Waals surface area contributed by atoms with Crippen LogP contribution >= 0.6 is 0 Å². The number of nitrogens with two attached hydrogens (primary N) is 1. The zero-order chi connectivity index (χ0) is 12.1. The van der Waals surface area contributed by atoms with E-state index in [0.29, 0.717) is 0 Å². The number of carbonyl (C=O) groups is 2. The summed E-state index contributed by atoms with van der Waals surface area (Å²) >= 11 is 0. The van der Waals surface area contributed by atoms with Crippen LogP contribution in [0.1, 0.15) is 0 Å². The molecule has 3 N–H and O–H groups in total. The Kier molecular flexibility index (Phi) is 3.96. The minimum Gasteiger partial charge on any atom is -0.480 e. The Bertz CT molecular complexity index is 409. The average molecular weight is 226 g/mol. The summed E-state index contributed by atoms with van der Waals surface area (Å²) < 4.78 is 13.4. The molecule has 1 rings (SSSR count). The number of carboxylic acid groups (broad SMARTS) is 1. The molecule has 16 heavy (non-hydrogen) atoms. The molecule has 1 aromatic rings. The summed E-state index contributed by atoms with van der Waals surface area (Å²) in [4.78, 5) is 22.7. The van der Waals surface area contributed by atoms with Crippen molar-refractivity contribution < 1.29 is 19.1 Å². The van der Waals surface area contributed by atoms with Crippen LogP contribution in [0, 0.1) is 5.82 Å². The molecule has 0 heterocycles. The van der Waals surface area contributed by atoms with Gasteiger partial charge in [0.25, 0.3) is 0 Å². The predicted molar refractivity (Wildman–Crippen MR) is 55.4 cm³/mol. The topological polar surface area (TPSA) is 83.6 Å². The highest BCUT2D eigenvalue weighted by molar-refractivity contribution is 5.98. The molecule has 0 fully saturated rings. The number of para-hydroxylation sites is 1. The highest BCUT2D eigenvalue weighted by atomic mass is 19.1. The Labute approximate surface area is 91.3 Å². The molecule has 5 nitrogen and oxygen atoms in total. The van der Waals surface area contributed by atoms with E-state index in [-0.39, 0.29) is 12.2 Å². The molecule has 0 saturated heterocycles. The number of hydrogen-bond acceptors (Lipinski definition) is 3. The second-order valence-electron chi connectivity index (χ2n) is 3.03. The van der Waals surface area contributed by atoms with Crippen molar-refractivity contribution in [1.82, 2.24) is 0 Å². The van der Waals surface area contributed by atoms with Gasteiger partial charge in [-0.15, -0.1) is 0 Å². The van der Waals surface area contributed by atoms with Gasteiger partial charge in [0.05, 0.1) is 12.2 Å². The third-order valence-corrected chi connectivity index (χ3v) is 1.91. The van der Waals surface area contributed by atoms with E-state index < -0.39 is 24.2 Å². The van der Waals surface area contributed by atoms with E-state index in [4.69, 9.17) is 10.8 Å². The lowest BCUT2D eigenvalue weighted by Gasteiger charge is -2.20. The van der Waals surface area contributed by atoms with Crippen molar-refractivity contribution in [3.63, 3.8) is 0 Å². The molecule has 0 aromatic heterocycles. The number of hydrogen-bond donors (Lipinski definition) is 2. The number of halogens is 1. The first-order chi connectivity index (χ1) is 7.56. The zero-order valence-corrected chi connectivity index (χ0v) is 8.39. The maximum atomic E-state index is 13.4. The first-order valence-corrected chi connectivity index (χ1v) is 4.53. The molecule has 0 spiro atoms. The molecule has 1 amide bonds. The van der Waals surface area contributed by atoms with Crippen molar-refractivity contribution >= 4 is 17.6 Å². The highest BCUT2D eigenvalue weighted by Gasteiger charge is 2.19. The third-order valence-electron chi connectivity index (χ3n) is 1.91. The van der Waals surface area contributed by atoms with Crippen LogP contribution in [-0.2, 0) is 9.59 Å². The van der Waals surface area contributed by atoms with Gasteiger partial charge >= 0.3 is 5.97 Å². The van der Waals surface area contributed by atoms with Crippen LogP contribution in [0.4, 0.5) is 10.1 Å². The normalized spacial score (nSPS) is 9.88. The summed E-state index contributed by atoms with van der Waals surface area (Å²) in [5.74, 6) is -2.54. The first-order valence-electron chi connectivity index (χ1n) is 4.53. The van der Waals surface area contributed by atoms with Gasteiger partial charge < -0.3 is 10.8 Å². The average Bonchev–Trinajstić information content (AvgIpc) is 2.26. The van der Waals surface area contributed by atoms with E-state index in [1.165, 1.54) is 18.2 Å². The van der Waals surface area contributed by atoms with Gasteiger partial charge in [-0.3, -0.25) is 14.5 Å². The SMILES string of the molecule is NCC(=O)N(CC(=O)O)c1ccccc1F. The summed E-state index contributed by atoms with van der Waals surface area (Å²) in [7, 11) is 0. The number of carbonyl (C=O) groups excluding carboxylic acids is 1. The van der Waals surface area contributed by atoms with Crippen LogP contribution in [0.2, 0.25) is 0 Å². The zero-order valence-electron chi connectivity index (χ0n) is 8.39. The molecule has 6 heteroatoms. The minimum absolute atomic E-state index is 0.0830. The Morgan fingerprint density at radius 3 is 2.50 bits per heavy atom. The maximum absolute atomic E-state index is 13.4. The van der Waals surface area contributed by atoms with Crippen molar-refractivity contribution in [2.45, 2.75) is 0 Å². The lowest BCUT2D eigenvalue weighted by molar-refractivity contribution is -0.136. The van der Waals surface area contributed by atoms with Crippen molar-refractivity contribution in [2.24, 2.45) is 5.73 Å². The summed E-state index contributed by atoms with van der Waals surface area (Å²) in [5, 5.41) is 8.62. The summed E-state index contributed by atoms with van der Waals surface area (Å²) in [6.45, 7) is -0.988. The van der Waals surface area contributed by atoms with Crippen LogP contribution in [0.25, 0.3) is 0 Å². The van der Waals surface area contributed by atoms with Crippen LogP contribution < -0.4 is 10.6 Å². The lowest BCUT2D eigenvalue weighted by Crippen LogP contribution is -2.40. The molecule has 0 aliphatic rings. The van der Waals surface area contributed by atoms with E-state index in [1.54, 1.807) is 0 Å². The number of rotatable bonds is 4. The van der Waals surface area contributed by atoms with Crippen molar-refractivity contribution in [1.29, 1.82) is 0 Å². The second-order valence-corrected chi connectivity index (χ2v) is 3.03. The third kappa shape index (κ3) is 2.77. The molecule has 86 valence electrons. The van der Waals surface area contributed by atoms with Gasteiger partial charge in [-0.1, -0.05) is 12.1 Å². The predicted octanol–water partition coefficient (Wildman–Crippen LogP) is 0.202.